The fraction of sp³-hybridized carbons (Fsp3) is 0.588. The molecule has 0 radical (unpaired) electrons. The molecule has 0 spiro atoms. The molecule has 1 aromatic rings. The number of hydrogen-bond donors (Lipinski definition) is 2. The van der Waals surface area contributed by atoms with Crippen LogP contribution in [0.3, 0.4) is 0 Å². The molecule has 0 aliphatic heterocycles. The molecule has 1 aromatic carbocycles. The Morgan fingerprint density at radius 3 is 2.62 bits per heavy atom. The van der Waals surface area contributed by atoms with Gasteiger partial charge in [-0.1, -0.05) is 22.4 Å². The van der Waals surface area contributed by atoms with Crippen molar-refractivity contribution in [2.45, 2.75) is 41.9 Å². The van der Waals surface area contributed by atoms with Crippen LogP contribution < -0.4 is 10.6 Å². The Balaban J connectivity index is 0.00000338. The summed E-state index contributed by atoms with van der Waals surface area (Å²) in [5, 5.41) is 7.25. The summed E-state index contributed by atoms with van der Waals surface area (Å²) in [5.74, 6) is 0.714. The summed E-state index contributed by atoms with van der Waals surface area (Å²) in [7, 11) is -1.58. The Kier molecular flexibility index (Phi) is 10.9. The molecule has 1 saturated carbocycles. The molecular weight excluding hydrogens is 549 g/mol. The number of hydrogen-bond acceptors (Lipinski definition) is 4. The minimum absolute atomic E-state index is 0. The molecule has 5 nitrogen and oxygen atoms in total. The van der Waals surface area contributed by atoms with E-state index in [1.807, 2.05) is 11.8 Å². The number of aliphatic imine (C=N–C) groups is 1. The van der Waals surface area contributed by atoms with E-state index in [1.165, 1.54) is 12.8 Å². The third kappa shape index (κ3) is 7.55. The van der Waals surface area contributed by atoms with Gasteiger partial charge in [0.2, 0.25) is 0 Å². The third-order valence-corrected chi connectivity index (χ3v) is 7.72. The van der Waals surface area contributed by atoms with Gasteiger partial charge >= 0.3 is 0 Å². The van der Waals surface area contributed by atoms with Gasteiger partial charge in [0, 0.05) is 29.4 Å². The Labute approximate surface area is 186 Å². The predicted octanol–water partition coefficient (Wildman–Crippen LogP) is 3.68. The van der Waals surface area contributed by atoms with Gasteiger partial charge in [-0.2, -0.15) is 11.8 Å². The molecule has 26 heavy (non-hydrogen) atoms. The van der Waals surface area contributed by atoms with Crippen molar-refractivity contribution in [3.63, 3.8) is 0 Å². The molecule has 2 N–H and O–H groups in total. The fourth-order valence-electron chi connectivity index (χ4n) is 2.94. The maximum Gasteiger partial charge on any atom is 0.191 e. The van der Waals surface area contributed by atoms with Gasteiger partial charge in [-0.05, 0) is 49.8 Å². The Hall–Kier alpha value is -0.000000000000000111. The predicted molar refractivity (Wildman–Crippen MR) is 126 cm³/mol. The Morgan fingerprint density at radius 2 is 2.00 bits per heavy atom. The molecule has 0 aromatic heterocycles. The molecule has 1 fully saturated rings. The van der Waals surface area contributed by atoms with Crippen LogP contribution in [0.25, 0.3) is 0 Å². The largest absolute Gasteiger partial charge is 0.355 e. The Morgan fingerprint density at radius 1 is 1.31 bits per heavy atom. The second kappa shape index (κ2) is 11.8. The normalized spacial score (nSPS) is 21.0. The minimum atomic E-state index is -3.30. The van der Waals surface area contributed by atoms with Crippen molar-refractivity contribution in [1.82, 2.24) is 10.6 Å². The SMILES string of the molecule is CN=C(NCCS(=O)(=O)c1ccc(Br)cc1)NC1CCCC(SC)C1.I. The van der Waals surface area contributed by atoms with E-state index in [0.29, 0.717) is 28.7 Å². The van der Waals surface area contributed by atoms with Crippen molar-refractivity contribution in [1.29, 1.82) is 0 Å². The highest BCUT2D eigenvalue weighted by Gasteiger charge is 2.22. The van der Waals surface area contributed by atoms with E-state index in [4.69, 9.17) is 0 Å². The molecule has 0 saturated heterocycles. The zero-order chi connectivity index (χ0) is 18.3. The third-order valence-electron chi connectivity index (χ3n) is 4.36. The lowest BCUT2D eigenvalue weighted by atomic mass is 9.95. The second-order valence-electron chi connectivity index (χ2n) is 6.14. The first-order valence-corrected chi connectivity index (χ1v) is 12.2. The van der Waals surface area contributed by atoms with Gasteiger partial charge in [-0.25, -0.2) is 8.42 Å². The maximum atomic E-state index is 12.4. The zero-order valence-electron chi connectivity index (χ0n) is 15.1. The maximum absolute atomic E-state index is 12.4. The van der Waals surface area contributed by atoms with Gasteiger partial charge < -0.3 is 10.6 Å². The number of thioether (sulfide) groups is 1. The van der Waals surface area contributed by atoms with E-state index in [2.05, 4.69) is 37.8 Å². The fourth-order valence-corrected chi connectivity index (χ4v) is 5.19. The van der Waals surface area contributed by atoms with E-state index >= 15 is 0 Å². The summed E-state index contributed by atoms with van der Waals surface area (Å²) in [6.07, 6.45) is 6.91. The number of nitrogens with one attached hydrogen (secondary N) is 2. The average Bonchev–Trinajstić information content (AvgIpc) is 2.61. The minimum Gasteiger partial charge on any atom is -0.355 e. The molecular formula is C17H27BrIN3O2S2. The van der Waals surface area contributed by atoms with Gasteiger partial charge in [-0.3, -0.25) is 4.99 Å². The second-order valence-corrected chi connectivity index (χ2v) is 10.3. The van der Waals surface area contributed by atoms with Crippen molar-refractivity contribution in [3.05, 3.63) is 28.7 Å². The van der Waals surface area contributed by atoms with Gasteiger partial charge in [0.1, 0.15) is 0 Å². The standard InChI is InChI=1S/C17H26BrN3O2S2.HI/c1-19-17(21-14-4-3-5-15(12-14)24-2)20-10-11-25(22,23)16-8-6-13(18)7-9-16;/h6-9,14-15H,3-5,10-12H2,1-2H3,(H2,19,20,21);1H. The lowest BCUT2D eigenvalue weighted by molar-refractivity contribution is 0.419. The molecule has 1 aliphatic carbocycles. The summed E-state index contributed by atoms with van der Waals surface area (Å²) in [5.41, 5.74) is 0. The van der Waals surface area contributed by atoms with Crippen LogP contribution in [0.5, 0.6) is 0 Å². The zero-order valence-corrected chi connectivity index (χ0v) is 20.6. The number of guanidine groups is 1. The lowest BCUT2D eigenvalue weighted by Crippen LogP contribution is -2.46. The van der Waals surface area contributed by atoms with Crippen LogP contribution in [0, 0.1) is 0 Å². The van der Waals surface area contributed by atoms with E-state index in [0.717, 1.165) is 17.3 Å². The number of benzene rings is 1. The number of sulfone groups is 1. The van der Waals surface area contributed by atoms with Gasteiger partial charge in [0.15, 0.2) is 15.8 Å². The molecule has 0 heterocycles. The summed E-state index contributed by atoms with van der Waals surface area (Å²) in [6.45, 7) is 0.330. The van der Waals surface area contributed by atoms with Crippen LogP contribution in [-0.4, -0.2) is 51.3 Å². The summed E-state index contributed by atoms with van der Waals surface area (Å²) in [4.78, 5) is 4.57. The van der Waals surface area contributed by atoms with E-state index in [-0.39, 0.29) is 29.7 Å². The van der Waals surface area contributed by atoms with Crippen molar-refractivity contribution in [3.8, 4) is 0 Å². The molecule has 2 unspecified atom stereocenters. The number of rotatable bonds is 6. The molecule has 148 valence electrons. The highest BCUT2D eigenvalue weighted by atomic mass is 127. The highest BCUT2D eigenvalue weighted by molar-refractivity contribution is 14.0. The van der Waals surface area contributed by atoms with E-state index in [1.54, 1.807) is 31.3 Å². The molecule has 2 rings (SSSR count). The first kappa shape index (κ1) is 24.0. The molecule has 0 bridgehead atoms. The number of halogens is 2. The van der Waals surface area contributed by atoms with Gasteiger partial charge in [0.25, 0.3) is 0 Å². The average molecular weight is 576 g/mol. The summed E-state index contributed by atoms with van der Waals surface area (Å²) >= 11 is 5.24. The molecule has 0 amide bonds. The van der Waals surface area contributed by atoms with Crippen molar-refractivity contribution < 1.29 is 8.42 Å². The monoisotopic (exact) mass is 575 g/mol. The van der Waals surface area contributed by atoms with Crippen molar-refractivity contribution in [2.75, 3.05) is 25.6 Å². The van der Waals surface area contributed by atoms with E-state index in [9.17, 15) is 8.42 Å². The van der Waals surface area contributed by atoms with E-state index < -0.39 is 9.84 Å². The van der Waals surface area contributed by atoms with Crippen LogP contribution in [-0.2, 0) is 9.84 Å². The molecule has 2 atom stereocenters. The van der Waals surface area contributed by atoms with Crippen LogP contribution in [0.4, 0.5) is 0 Å². The van der Waals surface area contributed by atoms with Crippen LogP contribution in [0.1, 0.15) is 25.7 Å². The van der Waals surface area contributed by atoms with Crippen LogP contribution >= 0.6 is 51.7 Å². The van der Waals surface area contributed by atoms with Crippen molar-refractivity contribution in [2.24, 2.45) is 4.99 Å². The quantitative estimate of drug-likeness (QED) is 0.308. The summed E-state index contributed by atoms with van der Waals surface area (Å²) in [6, 6.07) is 7.13. The first-order chi connectivity index (χ1) is 11.9. The van der Waals surface area contributed by atoms with Crippen LogP contribution in [0.2, 0.25) is 0 Å². The lowest BCUT2D eigenvalue weighted by Gasteiger charge is -2.29. The molecule has 1 aliphatic rings. The highest BCUT2D eigenvalue weighted by Crippen LogP contribution is 2.26. The van der Waals surface area contributed by atoms with Gasteiger partial charge in [-0.15, -0.1) is 24.0 Å². The molecule has 9 heteroatoms. The summed E-state index contributed by atoms with van der Waals surface area (Å²) < 4.78 is 25.6. The van der Waals surface area contributed by atoms with Crippen LogP contribution in [0.15, 0.2) is 38.6 Å². The van der Waals surface area contributed by atoms with Gasteiger partial charge in [0.05, 0.1) is 10.6 Å². The Bertz CT molecular complexity index is 684. The number of nitrogens with zero attached hydrogens (tertiary/aromatic N) is 1. The van der Waals surface area contributed by atoms with Crippen molar-refractivity contribution >= 4 is 67.5 Å². The topological polar surface area (TPSA) is 70.6 Å². The first-order valence-electron chi connectivity index (χ1n) is 8.43. The smallest absolute Gasteiger partial charge is 0.191 e.